The van der Waals surface area contributed by atoms with Gasteiger partial charge in [-0.25, -0.2) is 0 Å². The molecule has 170 valence electrons. The number of aromatic nitrogens is 3. The number of halogens is 1. The Morgan fingerprint density at radius 1 is 1.12 bits per heavy atom. The van der Waals surface area contributed by atoms with Crippen LogP contribution in [0, 0.1) is 0 Å². The molecule has 0 unspecified atom stereocenters. The second kappa shape index (κ2) is 10.6. The van der Waals surface area contributed by atoms with Gasteiger partial charge in [0.25, 0.3) is 0 Å². The fourth-order valence-corrected chi connectivity index (χ4v) is 4.87. The van der Waals surface area contributed by atoms with Gasteiger partial charge in [0.1, 0.15) is 11.6 Å². The average molecular weight is 474 g/mol. The van der Waals surface area contributed by atoms with Gasteiger partial charge in [-0.05, 0) is 29.8 Å². The van der Waals surface area contributed by atoms with Crippen LogP contribution in [0.15, 0.2) is 52.2 Å². The number of benzene rings is 1. The van der Waals surface area contributed by atoms with Gasteiger partial charge < -0.3 is 9.32 Å². The summed E-state index contributed by atoms with van der Waals surface area (Å²) in [6, 6.07) is 11.8. The number of thioether (sulfide) groups is 1. The maximum absolute atomic E-state index is 12.8. The Bertz CT molecular complexity index is 1030. The smallest absolute Gasteiger partial charge is 0.233 e. The average Bonchev–Trinajstić information content (AvgIpc) is 3.43. The third-order valence-electron chi connectivity index (χ3n) is 5.50. The van der Waals surface area contributed by atoms with Crippen LogP contribution >= 0.6 is 23.4 Å². The van der Waals surface area contributed by atoms with E-state index in [2.05, 4.69) is 35.0 Å². The summed E-state index contributed by atoms with van der Waals surface area (Å²) in [6.07, 6.45) is 1.66. The number of amides is 1. The summed E-state index contributed by atoms with van der Waals surface area (Å²) >= 11 is 7.53. The summed E-state index contributed by atoms with van der Waals surface area (Å²) in [5.41, 5.74) is 1.20. The summed E-state index contributed by atoms with van der Waals surface area (Å²) < 4.78 is 7.55. The summed E-state index contributed by atoms with van der Waals surface area (Å²) in [6.45, 7) is 8.77. The van der Waals surface area contributed by atoms with Crippen LogP contribution in [0.1, 0.15) is 36.9 Å². The number of furan rings is 1. The first-order valence-electron chi connectivity index (χ1n) is 10.8. The van der Waals surface area contributed by atoms with Crippen molar-refractivity contribution in [3.05, 3.63) is 64.8 Å². The molecule has 0 bridgehead atoms. The van der Waals surface area contributed by atoms with Crippen molar-refractivity contribution in [2.24, 2.45) is 0 Å². The summed E-state index contributed by atoms with van der Waals surface area (Å²) in [4.78, 5) is 17.1. The Kier molecular flexibility index (Phi) is 7.55. The maximum atomic E-state index is 12.8. The topological polar surface area (TPSA) is 67.4 Å². The van der Waals surface area contributed by atoms with Crippen molar-refractivity contribution in [3.63, 3.8) is 0 Å². The third-order valence-corrected chi connectivity index (χ3v) is 6.69. The van der Waals surface area contributed by atoms with Crippen LogP contribution in [-0.4, -0.2) is 62.4 Å². The Hall–Kier alpha value is -2.29. The Labute approximate surface area is 197 Å². The summed E-state index contributed by atoms with van der Waals surface area (Å²) in [5.74, 6) is 2.45. The van der Waals surface area contributed by atoms with Crippen LogP contribution in [0.4, 0.5) is 0 Å². The fraction of sp³-hybridized carbons (Fsp3) is 0.435. The Balaban J connectivity index is 1.31. The first-order valence-corrected chi connectivity index (χ1v) is 12.2. The zero-order chi connectivity index (χ0) is 22.5. The SMILES string of the molecule is CC(C)c1nnc(SCC(=O)N2CCN(Cc3cccc(Cl)c3)CC2)n1Cc1ccco1. The zero-order valence-corrected chi connectivity index (χ0v) is 20.0. The molecule has 0 aliphatic carbocycles. The molecular weight excluding hydrogens is 446 g/mol. The highest BCUT2D eigenvalue weighted by atomic mass is 35.5. The second-order valence-electron chi connectivity index (χ2n) is 8.24. The first-order chi connectivity index (χ1) is 15.5. The van der Waals surface area contributed by atoms with E-state index in [1.807, 2.05) is 39.8 Å². The van der Waals surface area contributed by atoms with E-state index in [1.165, 1.54) is 17.3 Å². The third kappa shape index (κ3) is 5.74. The minimum absolute atomic E-state index is 0.135. The second-order valence-corrected chi connectivity index (χ2v) is 9.62. The molecule has 0 radical (unpaired) electrons. The van der Waals surface area contributed by atoms with E-state index in [0.717, 1.165) is 54.5 Å². The molecule has 1 aromatic carbocycles. The van der Waals surface area contributed by atoms with Gasteiger partial charge in [0.15, 0.2) is 5.16 Å². The maximum Gasteiger partial charge on any atom is 0.233 e. The van der Waals surface area contributed by atoms with Crippen molar-refractivity contribution in [2.45, 2.75) is 38.0 Å². The predicted octanol–water partition coefficient (Wildman–Crippen LogP) is 4.13. The molecule has 1 aliphatic rings. The molecule has 1 aliphatic heterocycles. The van der Waals surface area contributed by atoms with Crippen molar-refractivity contribution in [2.75, 3.05) is 31.9 Å². The van der Waals surface area contributed by atoms with Gasteiger partial charge in [-0.2, -0.15) is 0 Å². The number of carbonyl (C=O) groups excluding carboxylic acids is 1. The molecular formula is C23H28ClN5O2S. The van der Waals surface area contributed by atoms with Gasteiger partial charge in [-0.15, -0.1) is 10.2 Å². The highest BCUT2D eigenvalue weighted by molar-refractivity contribution is 7.99. The van der Waals surface area contributed by atoms with E-state index < -0.39 is 0 Å². The Morgan fingerprint density at radius 3 is 2.62 bits per heavy atom. The van der Waals surface area contributed by atoms with Crippen molar-refractivity contribution in [1.82, 2.24) is 24.6 Å². The summed E-state index contributed by atoms with van der Waals surface area (Å²) in [5, 5.41) is 10.2. The lowest BCUT2D eigenvalue weighted by atomic mass is 10.2. The number of hydrogen-bond acceptors (Lipinski definition) is 6. The van der Waals surface area contributed by atoms with E-state index in [0.29, 0.717) is 12.3 Å². The highest BCUT2D eigenvalue weighted by Crippen LogP contribution is 2.23. The summed E-state index contributed by atoms with van der Waals surface area (Å²) in [7, 11) is 0. The van der Waals surface area contributed by atoms with Crippen molar-refractivity contribution in [1.29, 1.82) is 0 Å². The largest absolute Gasteiger partial charge is 0.467 e. The number of carbonyl (C=O) groups is 1. The zero-order valence-electron chi connectivity index (χ0n) is 18.4. The molecule has 9 heteroatoms. The van der Waals surface area contributed by atoms with E-state index in [-0.39, 0.29) is 11.8 Å². The normalized spacial score (nSPS) is 14.9. The Morgan fingerprint density at radius 2 is 1.94 bits per heavy atom. The molecule has 0 spiro atoms. The molecule has 0 N–H and O–H groups in total. The van der Waals surface area contributed by atoms with Crippen LogP contribution in [0.25, 0.3) is 0 Å². The van der Waals surface area contributed by atoms with Crippen molar-refractivity contribution in [3.8, 4) is 0 Å². The quantitative estimate of drug-likeness (QED) is 0.458. The fourth-order valence-electron chi connectivity index (χ4n) is 3.81. The van der Waals surface area contributed by atoms with Crippen LogP contribution < -0.4 is 0 Å². The van der Waals surface area contributed by atoms with Crippen LogP contribution in [0.2, 0.25) is 5.02 Å². The molecule has 3 aromatic rings. The van der Waals surface area contributed by atoms with E-state index in [1.54, 1.807) is 6.26 Å². The van der Waals surface area contributed by atoms with E-state index in [4.69, 9.17) is 16.0 Å². The minimum Gasteiger partial charge on any atom is -0.467 e. The van der Waals surface area contributed by atoms with Gasteiger partial charge in [0, 0.05) is 43.7 Å². The highest BCUT2D eigenvalue weighted by Gasteiger charge is 2.23. The number of hydrogen-bond donors (Lipinski definition) is 0. The van der Waals surface area contributed by atoms with E-state index >= 15 is 0 Å². The van der Waals surface area contributed by atoms with Gasteiger partial charge in [0.2, 0.25) is 5.91 Å². The molecule has 0 atom stereocenters. The molecule has 0 saturated carbocycles. The lowest BCUT2D eigenvalue weighted by Crippen LogP contribution is -2.48. The van der Waals surface area contributed by atoms with Crippen LogP contribution in [0.5, 0.6) is 0 Å². The van der Waals surface area contributed by atoms with E-state index in [9.17, 15) is 4.79 Å². The number of piperazine rings is 1. The molecule has 7 nitrogen and oxygen atoms in total. The van der Waals surface area contributed by atoms with Gasteiger partial charge in [0.05, 0.1) is 18.6 Å². The van der Waals surface area contributed by atoms with Gasteiger partial charge >= 0.3 is 0 Å². The monoisotopic (exact) mass is 473 g/mol. The number of rotatable bonds is 8. The lowest BCUT2D eigenvalue weighted by Gasteiger charge is -2.34. The molecule has 1 fully saturated rings. The molecule has 1 saturated heterocycles. The number of nitrogens with zero attached hydrogens (tertiary/aromatic N) is 5. The molecule has 32 heavy (non-hydrogen) atoms. The minimum atomic E-state index is 0.135. The van der Waals surface area contributed by atoms with Gasteiger partial charge in [-0.3, -0.25) is 14.3 Å². The van der Waals surface area contributed by atoms with Crippen LogP contribution in [-0.2, 0) is 17.9 Å². The molecule has 3 heterocycles. The van der Waals surface area contributed by atoms with Crippen LogP contribution in [0.3, 0.4) is 0 Å². The molecule has 1 amide bonds. The van der Waals surface area contributed by atoms with Crippen molar-refractivity contribution < 1.29 is 9.21 Å². The standard InChI is InChI=1S/C23H28ClN5O2S/c1-17(2)22-25-26-23(29(22)15-20-7-4-12-31-20)32-16-21(30)28-10-8-27(9-11-28)14-18-5-3-6-19(24)13-18/h3-7,12-13,17H,8-11,14-16H2,1-2H3. The van der Waals surface area contributed by atoms with Gasteiger partial charge in [-0.1, -0.05) is 49.3 Å². The first kappa shape index (κ1) is 22.9. The predicted molar refractivity (Wildman–Crippen MR) is 126 cm³/mol. The molecule has 2 aromatic heterocycles. The molecule has 4 rings (SSSR count). The van der Waals surface area contributed by atoms with Crippen molar-refractivity contribution >= 4 is 29.3 Å². The lowest BCUT2D eigenvalue weighted by molar-refractivity contribution is -0.130.